The highest BCUT2D eigenvalue weighted by molar-refractivity contribution is 7.52. The van der Waals surface area contributed by atoms with E-state index in [2.05, 4.69) is 15.3 Å². The van der Waals surface area contributed by atoms with Crippen LogP contribution in [0.4, 0.5) is 5.82 Å². The number of ketones is 1. The molecular weight excluding hydrogens is 466 g/mol. The van der Waals surface area contributed by atoms with Crippen LogP contribution >= 0.6 is 16.0 Å². The maximum atomic E-state index is 12.0. The minimum absolute atomic E-state index is 0.0372. The number of amides is 2. The van der Waals surface area contributed by atoms with Gasteiger partial charge in [-0.25, -0.2) is 4.98 Å². The molecule has 0 saturated carbocycles. The SMILES string of the molecule is CC(=O)CP(=O)(O)O.Cc1ncn(C2CCCN(C(=O)CP(O)O)C2)c1/N=C(/N)NC=O. The van der Waals surface area contributed by atoms with Gasteiger partial charge in [0.1, 0.15) is 11.9 Å². The molecule has 0 radical (unpaired) electrons. The third kappa shape index (κ3) is 9.94. The molecule has 0 aliphatic carbocycles. The van der Waals surface area contributed by atoms with E-state index in [1.165, 1.54) is 0 Å². The zero-order valence-corrected chi connectivity index (χ0v) is 19.4. The van der Waals surface area contributed by atoms with Crippen LogP contribution in [0, 0.1) is 6.92 Å². The van der Waals surface area contributed by atoms with E-state index in [1.54, 1.807) is 18.2 Å². The third-order valence-corrected chi connectivity index (χ3v) is 5.64. The number of nitrogens with zero attached hydrogens (tertiary/aromatic N) is 4. The van der Waals surface area contributed by atoms with Gasteiger partial charge < -0.3 is 34.8 Å². The minimum Gasteiger partial charge on any atom is -0.369 e. The topological polar surface area (TPSA) is 221 Å². The fourth-order valence-electron chi connectivity index (χ4n) is 2.98. The molecule has 14 nitrogen and oxygen atoms in total. The quantitative estimate of drug-likeness (QED) is 0.119. The highest BCUT2D eigenvalue weighted by atomic mass is 31.2. The van der Waals surface area contributed by atoms with Crippen molar-refractivity contribution < 1.29 is 38.5 Å². The number of carbonyl (C=O) groups excluding carboxylic acids is 3. The van der Waals surface area contributed by atoms with Crippen LogP contribution < -0.4 is 11.1 Å². The lowest BCUT2D eigenvalue weighted by Gasteiger charge is -2.34. The van der Waals surface area contributed by atoms with Crippen LogP contribution in [0.3, 0.4) is 0 Å². The molecule has 2 rings (SSSR count). The summed E-state index contributed by atoms with van der Waals surface area (Å²) in [6.07, 6.45) is 2.78. The molecule has 2 amide bonds. The molecule has 0 aromatic carbocycles. The van der Waals surface area contributed by atoms with Crippen molar-refractivity contribution in [2.45, 2.75) is 32.7 Å². The van der Waals surface area contributed by atoms with Crippen molar-refractivity contribution in [3.63, 3.8) is 0 Å². The van der Waals surface area contributed by atoms with Gasteiger partial charge >= 0.3 is 7.60 Å². The first-order valence-electron chi connectivity index (χ1n) is 9.39. The number of aryl methyl sites for hydroxylation is 1. The van der Waals surface area contributed by atoms with E-state index < -0.39 is 27.9 Å². The van der Waals surface area contributed by atoms with E-state index in [0.29, 0.717) is 31.0 Å². The van der Waals surface area contributed by atoms with Crippen LogP contribution in [0.5, 0.6) is 0 Å². The maximum Gasteiger partial charge on any atom is 0.332 e. The van der Waals surface area contributed by atoms with Gasteiger partial charge in [-0.1, -0.05) is 0 Å². The number of hydrogen-bond acceptors (Lipinski definition) is 8. The van der Waals surface area contributed by atoms with Gasteiger partial charge in [0.15, 0.2) is 14.2 Å². The molecule has 1 unspecified atom stereocenters. The van der Waals surface area contributed by atoms with Crippen LogP contribution in [-0.4, -0.2) is 83.5 Å². The third-order valence-electron chi connectivity index (χ3n) is 4.23. The van der Waals surface area contributed by atoms with Gasteiger partial charge in [0, 0.05) is 13.1 Å². The fourth-order valence-corrected chi connectivity index (χ4v) is 4.00. The second kappa shape index (κ2) is 12.7. The molecule has 1 aliphatic rings. The molecular formula is C16H28N6O8P2. The second-order valence-electron chi connectivity index (χ2n) is 7.01. The van der Waals surface area contributed by atoms with Crippen LogP contribution in [0.1, 0.15) is 31.5 Å². The number of hydrogen-bond donors (Lipinski definition) is 6. The standard InChI is InChI=1S/C13H21N6O4P.C3H7O4P/c1-9-12(17-13(14)16-8-20)19(7-15-9)10-3-2-4-18(5-10)11(21)6-24(22)23;1-3(4)2-8(5,6)7/h7-8,10,22-23H,2-6H2,1H3,(H3,14,16,17,20);2H2,1H3,(H2,5,6,7). The van der Waals surface area contributed by atoms with E-state index >= 15 is 0 Å². The van der Waals surface area contributed by atoms with Gasteiger partial charge in [-0.05, 0) is 26.7 Å². The van der Waals surface area contributed by atoms with Crippen molar-refractivity contribution in [3.8, 4) is 0 Å². The van der Waals surface area contributed by atoms with Crippen molar-refractivity contribution >= 4 is 45.8 Å². The predicted molar refractivity (Wildman–Crippen MR) is 116 cm³/mol. The van der Waals surface area contributed by atoms with Gasteiger partial charge in [0.05, 0.1) is 24.2 Å². The molecule has 0 spiro atoms. The monoisotopic (exact) mass is 494 g/mol. The van der Waals surface area contributed by atoms with Gasteiger partial charge in [0.2, 0.25) is 18.3 Å². The van der Waals surface area contributed by atoms with E-state index in [4.69, 9.17) is 25.3 Å². The Morgan fingerprint density at radius 1 is 1.44 bits per heavy atom. The van der Waals surface area contributed by atoms with Gasteiger partial charge in [0.25, 0.3) is 0 Å². The highest BCUT2D eigenvalue weighted by Crippen LogP contribution is 2.33. The Bertz CT molecular complexity index is 884. The lowest BCUT2D eigenvalue weighted by Crippen LogP contribution is -2.41. The van der Waals surface area contributed by atoms with Crippen molar-refractivity contribution in [1.82, 2.24) is 19.8 Å². The van der Waals surface area contributed by atoms with Crippen LogP contribution in [0.25, 0.3) is 0 Å². The number of piperidine rings is 1. The summed E-state index contributed by atoms with van der Waals surface area (Å²) in [5.41, 5.74) is 6.28. The molecule has 32 heavy (non-hydrogen) atoms. The summed E-state index contributed by atoms with van der Waals surface area (Å²) in [5, 5.41) is 2.28. The summed E-state index contributed by atoms with van der Waals surface area (Å²) in [6, 6.07) is -0.0460. The number of likely N-dealkylation sites (tertiary alicyclic amines) is 1. The van der Waals surface area contributed by atoms with Crippen LogP contribution in [-0.2, 0) is 18.9 Å². The molecule has 16 heteroatoms. The average Bonchev–Trinajstić information content (AvgIpc) is 3.00. The number of guanidine groups is 1. The normalized spacial score (nSPS) is 16.9. The van der Waals surface area contributed by atoms with E-state index in [0.717, 1.165) is 19.8 Å². The number of nitrogens with one attached hydrogen (secondary N) is 1. The molecule has 1 atom stereocenters. The number of aliphatic imine (C=N–C) groups is 1. The summed E-state index contributed by atoms with van der Waals surface area (Å²) >= 11 is 0. The molecule has 1 aromatic heterocycles. The summed E-state index contributed by atoms with van der Waals surface area (Å²) in [4.78, 5) is 76.7. The highest BCUT2D eigenvalue weighted by Gasteiger charge is 2.27. The van der Waals surface area contributed by atoms with Crippen molar-refractivity contribution in [2.75, 3.05) is 25.4 Å². The molecule has 1 aliphatic heterocycles. The minimum atomic E-state index is -4.07. The molecule has 7 N–H and O–H groups in total. The number of nitrogens with two attached hydrogens (primary N) is 1. The smallest absolute Gasteiger partial charge is 0.332 e. The first kappa shape index (κ1) is 27.8. The number of aromatic nitrogens is 2. The Morgan fingerprint density at radius 3 is 2.59 bits per heavy atom. The molecule has 1 aromatic rings. The summed E-state index contributed by atoms with van der Waals surface area (Å²) in [5.74, 6) is -0.282. The largest absolute Gasteiger partial charge is 0.369 e. The van der Waals surface area contributed by atoms with E-state index in [1.807, 2.05) is 4.57 Å². The van der Waals surface area contributed by atoms with Crippen molar-refractivity contribution in [3.05, 3.63) is 12.0 Å². The number of carbonyl (C=O) groups is 3. The lowest BCUT2D eigenvalue weighted by atomic mass is 10.1. The Kier molecular flexibility index (Phi) is 11.1. The van der Waals surface area contributed by atoms with Crippen LogP contribution in [0.2, 0.25) is 0 Å². The fraction of sp³-hybridized carbons (Fsp3) is 0.562. The Labute approximate surface area is 185 Å². The first-order valence-corrected chi connectivity index (χ1v) is 12.6. The van der Waals surface area contributed by atoms with Gasteiger partial charge in [-0.15, -0.1) is 0 Å². The zero-order valence-electron chi connectivity index (χ0n) is 17.7. The number of imidazole rings is 1. The summed E-state index contributed by atoms with van der Waals surface area (Å²) in [7, 11) is -6.31. The molecule has 180 valence electrons. The summed E-state index contributed by atoms with van der Waals surface area (Å²) in [6.45, 7) is 3.93. The van der Waals surface area contributed by atoms with Crippen molar-refractivity contribution in [1.29, 1.82) is 0 Å². The Morgan fingerprint density at radius 2 is 2.09 bits per heavy atom. The predicted octanol–water partition coefficient (Wildman–Crippen LogP) is -0.903. The second-order valence-corrected chi connectivity index (χ2v) is 9.72. The average molecular weight is 494 g/mol. The zero-order chi connectivity index (χ0) is 24.5. The van der Waals surface area contributed by atoms with Crippen LogP contribution in [0.15, 0.2) is 11.3 Å². The molecule has 1 fully saturated rings. The van der Waals surface area contributed by atoms with Crippen molar-refractivity contribution in [2.24, 2.45) is 10.7 Å². The van der Waals surface area contributed by atoms with E-state index in [-0.39, 0.29) is 24.1 Å². The molecule has 0 bridgehead atoms. The number of rotatable bonds is 7. The Balaban J connectivity index is 0.000000547. The lowest BCUT2D eigenvalue weighted by molar-refractivity contribution is -0.130. The first-order chi connectivity index (χ1) is 14.8. The molecule has 1 saturated heterocycles. The number of Topliss-reactive ketones (excluding diaryl/α,β-unsaturated/α-hetero) is 1. The summed E-state index contributed by atoms with van der Waals surface area (Å²) < 4.78 is 11.7. The van der Waals surface area contributed by atoms with Gasteiger partial charge in [-0.2, -0.15) is 4.99 Å². The Hall–Kier alpha value is -2.21. The maximum absolute atomic E-state index is 12.0. The van der Waals surface area contributed by atoms with E-state index in [9.17, 15) is 18.9 Å². The molecule has 2 heterocycles. The van der Waals surface area contributed by atoms with Gasteiger partial charge in [-0.3, -0.25) is 24.3 Å².